The van der Waals surface area contributed by atoms with E-state index in [2.05, 4.69) is 59.1 Å². The van der Waals surface area contributed by atoms with Gasteiger partial charge in [-0.3, -0.25) is 9.69 Å². The van der Waals surface area contributed by atoms with E-state index in [-0.39, 0.29) is 12.5 Å². The van der Waals surface area contributed by atoms with Gasteiger partial charge in [0.2, 0.25) is 11.8 Å². The van der Waals surface area contributed by atoms with Crippen molar-refractivity contribution in [2.75, 3.05) is 35.6 Å². The summed E-state index contributed by atoms with van der Waals surface area (Å²) in [6, 6.07) is 9.14. The molecule has 0 aliphatic carbocycles. The van der Waals surface area contributed by atoms with Crippen LogP contribution in [0, 0.1) is 0 Å². The Hall–Kier alpha value is -2.80. The van der Waals surface area contributed by atoms with Crippen LogP contribution < -0.4 is 20.7 Å². The zero-order valence-electron chi connectivity index (χ0n) is 18.8. The van der Waals surface area contributed by atoms with Gasteiger partial charge in [0.25, 0.3) is 0 Å². The predicted molar refractivity (Wildman–Crippen MR) is 124 cm³/mol. The number of carbonyl (C=O) groups is 1. The van der Waals surface area contributed by atoms with Crippen LogP contribution in [0.3, 0.4) is 0 Å². The Morgan fingerprint density at radius 2 is 2.06 bits per heavy atom. The Morgan fingerprint density at radius 1 is 1.23 bits per heavy atom. The van der Waals surface area contributed by atoms with Crippen molar-refractivity contribution in [3.8, 4) is 5.88 Å². The molecule has 7 heteroatoms. The van der Waals surface area contributed by atoms with Gasteiger partial charge in [0.05, 0.1) is 18.8 Å². The summed E-state index contributed by atoms with van der Waals surface area (Å²) in [5, 5.41) is 2.88. The van der Waals surface area contributed by atoms with Gasteiger partial charge in [0, 0.05) is 31.7 Å². The fraction of sp³-hybridized carbons (Fsp3) is 0.500. The Labute approximate surface area is 184 Å². The first-order valence-corrected chi connectivity index (χ1v) is 11.3. The number of anilines is 3. The number of aromatic nitrogens is 1. The van der Waals surface area contributed by atoms with Crippen molar-refractivity contribution >= 4 is 23.1 Å². The molecule has 31 heavy (non-hydrogen) atoms. The highest BCUT2D eigenvalue weighted by molar-refractivity contribution is 6.04. The highest BCUT2D eigenvalue weighted by atomic mass is 16.5. The molecule has 7 nitrogen and oxygen atoms in total. The molecular weight excluding hydrogens is 390 g/mol. The molecule has 2 aliphatic heterocycles. The standard InChI is InChI=1S/C24H33N5O2/c1-4-5-10-31-22-12-20-23(24(25)27-22)26-21(30)15-29(20)13-17-6-7-18-8-9-28(16(2)3)14-19(18)11-17/h6-7,11-12,16H,4-5,8-10,13-15H2,1-3H3,(H2,25,27)(H,26,30). The number of hydrogen-bond donors (Lipinski definition) is 2. The molecule has 0 bridgehead atoms. The molecule has 0 unspecified atom stereocenters. The monoisotopic (exact) mass is 423 g/mol. The number of ether oxygens (including phenoxy) is 1. The Balaban J connectivity index is 1.58. The van der Waals surface area contributed by atoms with Gasteiger partial charge in [-0.05, 0) is 43.4 Å². The number of carbonyl (C=O) groups excluding carboxylic acids is 1. The second-order valence-electron chi connectivity index (χ2n) is 8.76. The van der Waals surface area contributed by atoms with Crippen LogP contribution in [0.5, 0.6) is 5.88 Å². The normalized spacial score (nSPS) is 16.1. The number of pyridine rings is 1. The lowest BCUT2D eigenvalue weighted by atomic mass is 9.96. The van der Waals surface area contributed by atoms with Crippen LogP contribution in [0.2, 0.25) is 0 Å². The number of amides is 1. The molecule has 2 aliphatic rings. The van der Waals surface area contributed by atoms with Crippen molar-refractivity contribution in [1.29, 1.82) is 0 Å². The van der Waals surface area contributed by atoms with E-state index in [9.17, 15) is 4.79 Å². The molecule has 4 rings (SSSR count). The summed E-state index contributed by atoms with van der Waals surface area (Å²) < 4.78 is 5.79. The molecule has 3 heterocycles. The maximum absolute atomic E-state index is 12.4. The SMILES string of the molecule is CCCCOc1cc2c(c(N)n1)NC(=O)CN2Cc1ccc2c(c1)CN(C(C)C)CC2. The van der Waals surface area contributed by atoms with Crippen molar-refractivity contribution in [2.24, 2.45) is 0 Å². The van der Waals surface area contributed by atoms with Crippen molar-refractivity contribution in [3.63, 3.8) is 0 Å². The number of fused-ring (bicyclic) bond motifs is 2. The van der Waals surface area contributed by atoms with Gasteiger partial charge in [0.1, 0.15) is 5.69 Å². The maximum Gasteiger partial charge on any atom is 0.244 e. The zero-order chi connectivity index (χ0) is 22.0. The van der Waals surface area contributed by atoms with Crippen LogP contribution in [0.15, 0.2) is 24.3 Å². The van der Waals surface area contributed by atoms with E-state index in [4.69, 9.17) is 10.5 Å². The van der Waals surface area contributed by atoms with Gasteiger partial charge in [-0.15, -0.1) is 0 Å². The average molecular weight is 424 g/mol. The van der Waals surface area contributed by atoms with Gasteiger partial charge in [-0.2, -0.15) is 4.98 Å². The first kappa shape index (κ1) is 21.4. The van der Waals surface area contributed by atoms with Gasteiger partial charge in [0.15, 0.2) is 5.82 Å². The van der Waals surface area contributed by atoms with E-state index in [0.29, 0.717) is 36.6 Å². The van der Waals surface area contributed by atoms with Crippen LogP contribution in [0.25, 0.3) is 0 Å². The molecule has 0 atom stereocenters. The first-order chi connectivity index (χ1) is 14.9. The molecular formula is C24H33N5O2. The van der Waals surface area contributed by atoms with Crippen LogP contribution in [-0.2, 0) is 24.3 Å². The number of rotatable bonds is 7. The van der Waals surface area contributed by atoms with Gasteiger partial charge < -0.3 is 20.7 Å². The quantitative estimate of drug-likeness (QED) is 0.663. The predicted octanol–water partition coefficient (Wildman–Crippen LogP) is 3.57. The van der Waals surface area contributed by atoms with Crippen molar-refractivity contribution in [2.45, 2.75) is 59.2 Å². The number of nitrogens with two attached hydrogens (primary N) is 1. The second kappa shape index (κ2) is 9.14. The Bertz CT molecular complexity index is 959. The van der Waals surface area contributed by atoms with E-state index in [1.165, 1.54) is 16.7 Å². The highest BCUT2D eigenvalue weighted by Crippen LogP contribution is 2.37. The molecule has 0 saturated heterocycles. The minimum absolute atomic E-state index is 0.0791. The molecule has 1 amide bonds. The number of hydrogen-bond acceptors (Lipinski definition) is 6. The summed E-state index contributed by atoms with van der Waals surface area (Å²) in [7, 11) is 0. The van der Waals surface area contributed by atoms with Gasteiger partial charge in [-0.25, -0.2) is 0 Å². The summed E-state index contributed by atoms with van der Waals surface area (Å²) >= 11 is 0. The number of nitrogens with one attached hydrogen (secondary N) is 1. The van der Waals surface area contributed by atoms with Crippen LogP contribution in [0.4, 0.5) is 17.2 Å². The third-order valence-corrected chi connectivity index (χ3v) is 6.11. The molecule has 1 aromatic heterocycles. The zero-order valence-corrected chi connectivity index (χ0v) is 18.8. The molecule has 0 saturated carbocycles. The molecule has 0 spiro atoms. The summed E-state index contributed by atoms with van der Waals surface area (Å²) in [4.78, 5) is 21.2. The van der Waals surface area contributed by atoms with Crippen molar-refractivity contribution < 1.29 is 9.53 Å². The maximum atomic E-state index is 12.4. The second-order valence-corrected chi connectivity index (χ2v) is 8.76. The lowest BCUT2D eigenvalue weighted by Crippen LogP contribution is -2.38. The molecule has 166 valence electrons. The van der Waals surface area contributed by atoms with Gasteiger partial charge in [-0.1, -0.05) is 31.5 Å². The first-order valence-electron chi connectivity index (χ1n) is 11.3. The van der Waals surface area contributed by atoms with E-state index < -0.39 is 0 Å². The average Bonchev–Trinajstić information content (AvgIpc) is 2.74. The Morgan fingerprint density at radius 3 is 2.84 bits per heavy atom. The number of unbranched alkanes of at least 4 members (excludes halogenated alkanes) is 1. The topological polar surface area (TPSA) is 83.7 Å². The smallest absolute Gasteiger partial charge is 0.244 e. The lowest BCUT2D eigenvalue weighted by molar-refractivity contribution is -0.115. The van der Waals surface area contributed by atoms with E-state index in [1.54, 1.807) is 0 Å². The molecule has 2 aromatic rings. The van der Waals surface area contributed by atoms with E-state index in [1.807, 2.05) is 6.07 Å². The van der Waals surface area contributed by atoms with Crippen LogP contribution in [0.1, 0.15) is 50.3 Å². The summed E-state index contributed by atoms with van der Waals surface area (Å²) in [6.07, 6.45) is 3.10. The number of benzene rings is 1. The number of nitrogen functional groups attached to an aromatic ring is 1. The van der Waals surface area contributed by atoms with Crippen molar-refractivity contribution in [1.82, 2.24) is 9.88 Å². The largest absolute Gasteiger partial charge is 0.478 e. The van der Waals surface area contributed by atoms with Crippen molar-refractivity contribution in [3.05, 3.63) is 41.0 Å². The lowest BCUT2D eigenvalue weighted by Gasteiger charge is -2.33. The Kier molecular flexibility index (Phi) is 6.32. The van der Waals surface area contributed by atoms with Gasteiger partial charge >= 0.3 is 0 Å². The van der Waals surface area contributed by atoms with Crippen LogP contribution >= 0.6 is 0 Å². The third kappa shape index (κ3) is 4.77. The molecule has 0 radical (unpaired) electrons. The molecule has 0 fully saturated rings. The molecule has 1 aromatic carbocycles. The minimum Gasteiger partial charge on any atom is -0.478 e. The summed E-state index contributed by atoms with van der Waals surface area (Å²) in [6.45, 7) is 10.2. The highest BCUT2D eigenvalue weighted by Gasteiger charge is 2.26. The molecule has 3 N–H and O–H groups in total. The third-order valence-electron chi connectivity index (χ3n) is 6.11. The fourth-order valence-corrected chi connectivity index (χ4v) is 4.27. The van der Waals surface area contributed by atoms with E-state index >= 15 is 0 Å². The van der Waals surface area contributed by atoms with Crippen LogP contribution in [-0.4, -0.2) is 41.5 Å². The minimum atomic E-state index is -0.0791. The fourth-order valence-electron chi connectivity index (χ4n) is 4.27. The summed E-state index contributed by atoms with van der Waals surface area (Å²) in [5.74, 6) is 0.716. The summed E-state index contributed by atoms with van der Waals surface area (Å²) in [5.41, 5.74) is 11.6. The van der Waals surface area contributed by atoms with E-state index in [0.717, 1.165) is 38.0 Å². The number of nitrogens with zero attached hydrogens (tertiary/aromatic N) is 3.